The van der Waals surface area contributed by atoms with Crippen molar-refractivity contribution >= 4 is 21.7 Å². The summed E-state index contributed by atoms with van der Waals surface area (Å²) in [6.07, 6.45) is 1.64. The van der Waals surface area contributed by atoms with Crippen LogP contribution in [-0.2, 0) is 21.2 Å². The highest BCUT2D eigenvalue weighted by Crippen LogP contribution is 2.33. The number of carboxylic acid groups (broad SMARTS) is 1. The maximum absolute atomic E-state index is 13.0. The van der Waals surface area contributed by atoms with Crippen LogP contribution in [0, 0.1) is 6.92 Å². The summed E-state index contributed by atoms with van der Waals surface area (Å²) in [6, 6.07) is 11.6. The Bertz CT molecular complexity index is 890. The van der Waals surface area contributed by atoms with Crippen LogP contribution in [-0.4, -0.2) is 32.6 Å². The molecule has 1 N–H and O–H groups in total. The third-order valence-electron chi connectivity index (χ3n) is 4.09. The number of sulfonamides is 1. The van der Waals surface area contributed by atoms with Gasteiger partial charge in [0.25, 0.3) is 10.0 Å². The first-order chi connectivity index (χ1) is 11.9. The molecule has 0 saturated heterocycles. The van der Waals surface area contributed by atoms with E-state index in [2.05, 4.69) is 0 Å². The van der Waals surface area contributed by atoms with E-state index in [0.717, 1.165) is 29.7 Å². The molecule has 0 bridgehead atoms. The Morgan fingerprint density at radius 2 is 1.92 bits per heavy atom. The average molecular weight is 361 g/mol. The summed E-state index contributed by atoms with van der Waals surface area (Å²) in [5.74, 6) is -0.770. The summed E-state index contributed by atoms with van der Waals surface area (Å²) in [6.45, 7) is 1.96. The van der Waals surface area contributed by atoms with Crippen LogP contribution in [0.3, 0.4) is 0 Å². The van der Waals surface area contributed by atoms with E-state index in [1.165, 1.54) is 28.6 Å². The number of fused-ring (bicyclic) bond motifs is 1. The van der Waals surface area contributed by atoms with Crippen molar-refractivity contribution in [3.05, 3.63) is 53.6 Å². The van der Waals surface area contributed by atoms with E-state index in [9.17, 15) is 13.2 Å². The number of nitrogens with zero attached hydrogens (tertiary/aromatic N) is 1. The highest BCUT2D eigenvalue weighted by atomic mass is 32.2. The first-order valence-corrected chi connectivity index (χ1v) is 9.39. The molecule has 0 radical (unpaired) electrons. The quantitative estimate of drug-likeness (QED) is 0.885. The zero-order valence-corrected chi connectivity index (χ0v) is 14.6. The molecular weight excluding hydrogens is 342 g/mol. The number of benzene rings is 2. The van der Waals surface area contributed by atoms with Crippen LogP contribution in [0.2, 0.25) is 0 Å². The molecule has 0 aromatic heterocycles. The first-order valence-electron chi connectivity index (χ1n) is 7.95. The van der Waals surface area contributed by atoms with Crippen LogP contribution in [0.1, 0.15) is 17.5 Å². The Morgan fingerprint density at radius 1 is 1.20 bits per heavy atom. The van der Waals surface area contributed by atoms with E-state index in [1.54, 1.807) is 0 Å². The maximum Gasteiger partial charge on any atom is 0.341 e. The summed E-state index contributed by atoms with van der Waals surface area (Å²) in [5.41, 5.74) is 2.87. The molecule has 132 valence electrons. The molecule has 0 atom stereocenters. The predicted molar refractivity (Wildman–Crippen MR) is 93.6 cm³/mol. The van der Waals surface area contributed by atoms with Gasteiger partial charge in [-0.05, 0) is 55.7 Å². The molecular formula is C18H19NO5S. The van der Waals surface area contributed by atoms with Crippen LogP contribution in [0.25, 0.3) is 0 Å². The van der Waals surface area contributed by atoms with Crippen molar-refractivity contribution < 1.29 is 23.1 Å². The standard InChI is InChI=1S/C18H19NO5S/c1-13-4-9-17-14(11-13)3-2-10-19(17)25(22,23)16-7-5-15(6-8-16)24-12-18(20)21/h4-9,11H,2-3,10,12H2,1H3,(H,20,21). The minimum atomic E-state index is -3.67. The Hall–Kier alpha value is -2.54. The average Bonchev–Trinajstić information content (AvgIpc) is 2.59. The van der Waals surface area contributed by atoms with Gasteiger partial charge in [0, 0.05) is 6.54 Å². The molecule has 0 aliphatic carbocycles. The van der Waals surface area contributed by atoms with E-state index in [0.29, 0.717) is 12.3 Å². The summed E-state index contributed by atoms with van der Waals surface area (Å²) < 4.78 is 32.5. The largest absolute Gasteiger partial charge is 0.482 e. The molecule has 1 aliphatic rings. The number of carbonyl (C=O) groups is 1. The van der Waals surface area contributed by atoms with Crippen LogP contribution in [0.4, 0.5) is 5.69 Å². The number of hydrogen-bond acceptors (Lipinski definition) is 4. The minimum Gasteiger partial charge on any atom is -0.482 e. The normalized spacial score (nSPS) is 14.0. The molecule has 25 heavy (non-hydrogen) atoms. The first kappa shape index (κ1) is 17.3. The lowest BCUT2D eigenvalue weighted by Gasteiger charge is -2.30. The third-order valence-corrected chi connectivity index (χ3v) is 5.91. The predicted octanol–water partition coefficient (Wildman–Crippen LogP) is 2.60. The van der Waals surface area contributed by atoms with Crippen molar-refractivity contribution in [1.29, 1.82) is 0 Å². The zero-order chi connectivity index (χ0) is 18.0. The summed E-state index contributed by atoms with van der Waals surface area (Å²) in [4.78, 5) is 10.7. The molecule has 2 aromatic carbocycles. The number of carboxylic acids is 1. The highest BCUT2D eigenvalue weighted by molar-refractivity contribution is 7.92. The molecule has 1 aliphatic heterocycles. The lowest BCUT2D eigenvalue weighted by molar-refractivity contribution is -0.139. The van der Waals surface area contributed by atoms with Gasteiger partial charge in [-0.15, -0.1) is 0 Å². The van der Waals surface area contributed by atoms with Gasteiger partial charge < -0.3 is 9.84 Å². The van der Waals surface area contributed by atoms with E-state index >= 15 is 0 Å². The number of aryl methyl sites for hydroxylation is 2. The second-order valence-electron chi connectivity index (χ2n) is 5.97. The number of ether oxygens (including phenoxy) is 1. The van der Waals surface area contributed by atoms with Gasteiger partial charge in [0.1, 0.15) is 5.75 Å². The zero-order valence-electron chi connectivity index (χ0n) is 13.8. The van der Waals surface area contributed by atoms with Crippen LogP contribution >= 0.6 is 0 Å². The molecule has 0 saturated carbocycles. The Balaban J connectivity index is 1.89. The van der Waals surface area contributed by atoms with Gasteiger partial charge >= 0.3 is 5.97 Å². The number of hydrogen-bond donors (Lipinski definition) is 1. The molecule has 1 heterocycles. The fraction of sp³-hybridized carbons (Fsp3) is 0.278. The molecule has 3 rings (SSSR count). The van der Waals surface area contributed by atoms with Crippen molar-refractivity contribution in [3.63, 3.8) is 0 Å². The van der Waals surface area contributed by atoms with Crippen molar-refractivity contribution in [2.24, 2.45) is 0 Å². The maximum atomic E-state index is 13.0. The Morgan fingerprint density at radius 3 is 2.60 bits per heavy atom. The van der Waals surface area contributed by atoms with E-state index in [4.69, 9.17) is 9.84 Å². The van der Waals surface area contributed by atoms with Crippen molar-refractivity contribution in [2.45, 2.75) is 24.7 Å². The molecule has 0 fully saturated rings. The highest BCUT2D eigenvalue weighted by Gasteiger charge is 2.29. The minimum absolute atomic E-state index is 0.156. The molecule has 0 unspecified atom stereocenters. The van der Waals surface area contributed by atoms with Gasteiger partial charge in [0.05, 0.1) is 10.6 Å². The summed E-state index contributed by atoms with van der Waals surface area (Å²) >= 11 is 0. The SMILES string of the molecule is Cc1ccc2c(c1)CCCN2S(=O)(=O)c1ccc(OCC(=O)O)cc1. The lowest BCUT2D eigenvalue weighted by atomic mass is 10.0. The Kier molecular flexibility index (Phi) is 4.67. The van der Waals surface area contributed by atoms with Gasteiger partial charge in [0.15, 0.2) is 6.61 Å². The molecule has 6 nitrogen and oxygen atoms in total. The van der Waals surface area contributed by atoms with E-state index in [-0.39, 0.29) is 4.90 Å². The van der Waals surface area contributed by atoms with Crippen molar-refractivity contribution in [3.8, 4) is 5.75 Å². The number of anilines is 1. The van der Waals surface area contributed by atoms with Crippen LogP contribution < -0.4 is 9.04 Å². The topological polar surface area (TPSA) is 83.9 Å². The molecule has 2 aromatic rings. The fourth-order valence-corrected chi connectivity index (χ4v) is 4.46. The monoisotopic (exact) mass is 361 g/mol. The smallest absolute Gasteiger partial charge is 0.341 e. The van der Waals surface area contributed by atoms with Gasteiger partial charge in [-0.1, -0.05) is 17.7 Å². The number of rotatable bonds is 5. The fourth-order valence-electron chi connectivity index (χ4n) is 2.92. The summed E-state index contributed by atoms with van der Waals surface area (Å²) in [5, 5.41) is 8.61. The van der Waals surface area contributed by atoms with Crippen LogP contribution in [0.15, 0.2) is 47.4 Å². The van der Waals surface area contributed by atoms with Gasteiger partial charge in [-0.2, -0.15) is 0 Å². The van der Waals surface area contributed by atoms with Gasteiger partial charge in [0.2, 0.25) is 0 Å². The summed E-state index contributed by atoms with van der Waals surface area (Å²) in [7, 11) is -3.67. The molecule has 0 amide bonds. The Labute approximate surface area is 146 Å². The molecule has 7 heteroatoms. The van der Waals surface area contributed by atoms with Crippen molar-refractivity contribution in [1.82, 2.24) is 0 Å². The van der Waals surface area contributed by atoms with Gasteiger partial charge in [-0.25, -0.2) is 13.2 Å². The van der Waals surface area contributed by atoms with Gasteiger partial charge in [-0.3, -0.25) is 4.31 Å². The molecule has 0 spiro atoms. The van der Waals surface area contributed by atoms with E-state index < -0.39 is 22.6 Å². The number of aliphatic carboxylic acids is 1. The lowest BCUT2D eigenvalue weighted by Crippen LogP contribution is -2.35. The second kappa shape index (κ2) is 6.76. The van der Waals surface area contributed by atoms with Crippen LogP contribution in [0.5, 0.6) is 5.75 Å². The van der Waals surface area contributed by atoms with Crippen molar-refractivity contribution in [2.75, 3.05) is 17.5 Å². The van der Waals surface area contributed by atoms with E-state index in [1.807, 2.05) is 25.1 Å². The second-order valence-corrected chi connectivity index (χ2v) is 7.83. The third kappa shape index (κ3) is 3.61.